The van der Waals surface area contributed by atoms with Gasteiger partial charge < -0.3 is 15.8 Å². The van der Waals surface area contributed by atoms with E-state index in [9.17, 15) is 4.79 Å². The van der Waals surface area contributed by atoms with E-state index in [2.05, 4.69) is 18.3 Å². The molecule has 104 valence electrons. The van der Waals surface area contributed by atoms with Gasteiger partial charge in [-0.25, -0.2) is 0 Å². The first kappa shape index (κ1) is 13.9. The normalized spacial score (nSPS) is 16.1. The van der Waals surface area contributed by atoms with Crippen molar-refractivity contribution in [1.29, 1.82) is 0 Å². The number of hydrogen-bond acceptors (Lipinski definition) is 3. The van der Waals surface area contributed by atoms with Crippen molar-refractivity contribution < 1.29 is 9.53 Å². The molecule has 0 spiro atoms. The van der Waals surface area contributed by atoms with Crippen LogP contribution in [0.4, 0.5) is 0 Å². The second kappa shape index (κ2) is 6.57. The van der Waals surface area contributed by atoms with Gasteiger partial charge in [-0.1, -0.05) is 19.1 Å². The molecule has 0 aromatic heterocycles. The highest BCUT2D eigenvalue weighted by Crippen LogP contribution is 2.20. The molecule has 0 radical (unpaired) electrons. The number of benzene rings is 1. The van der Waals surface area contributed by atoms with Crippen LogP contribution < -0.4 is 15.8 Å². The summed E-state index contributed by atoms with van der Waals surface area (Å²) in [7, 11) is 0. The summed E-state index contributed by atoms with van der Waals surface area (Å²) in [5.41, 5.74) is 6.63. The molecule has 4 nitrogen and oxygen atoms in total. The molecule has 1 atom stereocenters. The van der Waals surface area contributed by atoms with Crippen LogP contribution in [0.5, 0.6) is 5.75 Å². The van der Waals surface area contributed by atoms with Gasteiger partial charge in [0.15, 0.2) is 0 Å². The molecule has 1 fully saturated rings. The monoisotopic (exact) mass is 262 g/mol. The van der Waals surface area contributed by atoms with Crippen LogP contribution in [-0.2, 0) is 11.2 Å². The van der Waals surface area contributed by atoms with E-state index in [0.29, 0.717) is 19.1 Å². The van der Waals surface area contributed by atoms with Gasteiger partial charge in [0.25, 0.3) is 0 Å². The number of nitrogens with two attached hydrogens (primary N) is 1. The number of ether oxygens (including phenoxy) is 1. The third-order valence-electron chi connectivity index (χ3n) is 3.34. The SMILES string of the molecule is CCc1cccc(OCCC(NC2CC2)C(N)=O)c1. The van der Waals surface area contributed by atoms with Gasteiger partial charge in [0.05, 0.1) is 12.6 Å². The number of amides is 1. The quantitative estimate of drug-likeness (QED) is 0.748. The smallest absolute Gasteiger partial charge is 0.234 e. The molecule has 1 amide bonds. The summed E-state index contributed by atoms with van der Waals surface area (Å²) < 4.78 is 5.68. The van der Waals surface area contributed by atoms with Gasteiger partial charge in [0.2, 0.25) is 5.91 Å². The van der Waals surface area contributed by atoms with Crippen LogP contribution in [0, 0.1) is 0 Å². The Morgan fingerprint density at radius 1 is 1.53 bits per heavy atom. The van der Waals surface area contributed by atoms with Crippen LogP contribution in [0.25, 0.3) is 0 Å². The average Bonchev–Trinajstić information content (AvgIpc) is 3.21. The van der Waals surface area contributed by atoms with Crippen LogP contribution in [-0.4, -0.2) is 24.6 Å². The Bertz CT molecular complexity index is 430. The minimum Gasteiger partial charge on any atom is -0.494 e. The number of carbonyl (C=O) groups is 1. The fourth-order valence-electron chi connectivity index (χ4n) is 1.99. The number of rotatable bonds is 8. The van der Waals surface area contributed by atoms with Gasteiger partial charge in [0, 0.05) is 12.5 Å². The van der Waals surface area contributed by atoms with Gasteiger partial charge in [-0.15, -0.1) is 0 Å². The number of hydrogen-bond donors (Lipinski definition) is 2. The lowest BCUT2D eigenvalue weighted by atomic mass is 10.1. The van der Waals surface area contributed by atoms with Gasteiger partial charge in [0.1, 0.15) is 5.75 Å². The van der Waals surface area contributed by atoms with Crippen molar-refractivity contribution >= 4 is 5.91 Å². The zero-order chi connectivity index (χ0) is 13.7. The Hall–Kier alpha value is -1.55. The molecule has 19 heavy (non-hydrogen) atoms. The number of aryl methyl sites for hydroxylation is 1. The summed E-state index contributed by atoms with van der Waals surface area (Å²) in [6, 6.07) is 8.23. The van der Waals surface area contributed by atoms with E-state index in [0.717, 1.165) is 25.0 Å². The lowest BCUT2D eigenvalue weighted by Crippen LogP contribution is -2.43. The Kier molecular flexibility index (Phi) is 4.80. The summed E-state index contributed by atoms with van der Waals surface area (Å²) in [5.74, 6) is 0.562. The fourth-order valence-corrected chi connectivity index (χ4v) is 1.99. The summed E-state index contributed by atoms with van der Waals surface area (Å²) in [4.78, 5) is 11.3. The highest BCUT2D eigenvalue weighted by atomic mass is 16.5. The van der Waals surface area contributed by atoms with Crippen LogP contribution in [0.3, 0.4) is 0 Å². The molecule has 4 heteroatoms. The van der Waals surface area contributed by atoms with Crippen molar-refractivity contribution in [1.82, 2.24) is 5.32 Å². The number of primary amides is 1. The molecule has 3 N–H and O–H groups in total. The minimum atomic E-state index is -0.294. The Morgan fingerprint density at radius 2 is 2.32 bits per heavy atom. The average molecular weight is 262 g/mol. The summed E-state index contributed by atoms with van der Waals surface area (Å²) in [6.45, 7) is 2.61. The molecular formula is C15H22N2O2. The van der Waals surface area contributed by atoms with Crippen LogP contribution in [0.15, 0.2) is 24.3 Å². The lowest BCUT2D eigenvalue weighted by molar-refractivity contribution is -0.120. The van der Waals surface area contributed by atoms with Crippen molar-refractivity contribution in [2.75, 3.05) is 6.61 Å². The van der Waals surface area contributed by atoms with Crippen LogP contribution >= 0.6 is 0 Å². The predicted molar refractivity (Wildman–Crippen MR) is 75.1 cm³/mol. The Balaban J connectivity index is 1.78. The molecule has 1 aliphatic rings. The standard InChI is InChI=1S/C15H22N2O2/c1-2-11-4-3-5-13(10-11)19-9-8-14(15(16)18)17-12-6-7-12/h3-5,10,12,14,17H,2,6-9H2,1H3,(H2,16,18). The van der Waals surface area contributed by atoms with E-state index >= 15 is 0 Å². The second-order valence-electron chi connectivity index (χ2n) is 5.03. The minimum absolute atomic E-state index is 0.276. The van der Waals surface area contributed by atoms with Crippen LogP contribution in [0.2, 0.25) is 0 Å². The third-order valence-corrected chi connectivity index (χ3v) is 3.34. The Morgan fingerprint density at radius 3 is 2.95 bits per heavy atom. The lowest BCUT2D eigenvalue weighted by Gasteiger charge is -2.15. The zero-order valence-electron chi connectivity index (χ0n) is 11.4. The molecular weight excluding hydrogens is 240 g/mol. The molecule has 1 unspecified atom stereocenters. The molecule has 1 aliphatic carbocycles. The molecule has 2 rings (SSSR count). The molecule has 0 bridgehead atoms. The molecule has 1 aromatic carbocycles. The first-order valence-corrected chi connectivity index (χ1v) is 6.96. The van der Waals surface area contributed by atoms with Crippen molar-refractivity contribution in [3.63, 3.8) is 0 Å². The highest BCUT2D eigenvalue weighted by Gasteiger charge is 2.26. The largest absolute Gasteiger partial charge is 0.494 e. The Labute approximate surface area is 114 Å². The zero-order valence-corrected chi connectivity index (χ0v) is 11.4. The molecule has 0 saturated heterocycles. The third kappa shape index (κ3) is 4.56. The van der Waals surface area contributed by atoms with E-state index in [1.807, 2.05) is 18.2 Å². The van der Waals surface area contributed by atoms with Crippen molar-refractivity contribution in [3.8, 4) is 5.75 Å². The van der Waals surface area contributed by atoms with Gasteiger partial charge in [-0.3, -0.25) is 4.79 Å². The van der Waals surface area contributed by atoms with Gasteiger partial charge in [-0.2, -0.15) is 0 Å². The second-order valence-corrected chi connectivity index (χ2v) is 5.03. The first-order chi connectivity index (χ1) is 9.19. The van der Waals surface area contributed by atoms with E-state index < -0.39 is 0 Å². The molecule has 1 aromatic rings. The molecule has 0 heterocycles. The molecule has 0 aliphatic heterocycles. The first-order valence-electron chi connectivity index (χ1n) is 6.96. The van der Waals surface area contributed by atoms with E-state index in [4.69, 9.17) is 10.5 Å². The summed E-state index contributed by atoms with van der Waals surface area (Å²) in [5, 5.41) is 3.24. The molecule has 1 saturated carbocycles. The summed E-state index contributed by atoms with van der Waals surface area (Å²) >= 11 is 0. The van der Waals surface area contributed by atoms with E-state index in [-0.39, 0.29) is 11.9 Å². The summed E-state index contributed by atoms with van der Waals surface area (Å²) in [6.07, 6.45) is 3.89. The predicted octanol–water partition coefficient (Wildman–Crippen LogP) is 1.62. The van der Waals surface area contributed by atoms with Crippen molar-refractivity contribution in [2.24, 2.45) is 5.73 Å². The fraction of sp³-hybridized carbons (Fsp3) is 0.533. The highest BCUT2D eigenvalue weighted by molar-refractivity contribution is 5.79. The van der Waals surface area contributed by atoms with Crippen molar-refractivity contribution in [2.45, 2.75) is 44.7 Å². The van der Waals surface area contributed by atoms with Gasteiger partial charge in [-0.05, 0) is 37.0 Å². The maximum absolute atomic E-state index is 11.3. The van der Waals surface area contributed by atoms with Gasteiger partial charge >= 0.3 is 0 Å². The number of nitrogens with one attached hydrogen (secondary N) is 1. The van der Waals surface area contributed by atoms with E-state index in [1.54, 1.807) is 0 Å². The maximum atomic E-state index is 11.3. The van der Waals surface area contributed by atoms with Crippen LogP contribution in [0.1, 0.15) is 31.7 Å². The number of carbonyl (C=O) groups excluding carboxylic acids is 1. The van der Waals surface area contributed by atoms with E-state index in [1.165, 1.54) is 5.56 Å². The van der Waals surface area contributed by atoms with Crippen molar-refractivity contribution in [3.05, 3.63) is 29.8 Å². The topological polar surface area (TPSA) is 64.3 Å². The maximum Gasteiger partial charge on any atom is 0.234 e.